The van der Waals surface area contributed by atoms with Crippen LogP contribution in [-0.4, -0.2) is 0 Å². The first kappa shape index (κ1) is 92.0. The molecule has 4 nitrogen and oxygen atoms in total. The summed E-state index contributed by atoms with van der Waals surface area (Å²) in [6.07, 6.45) is 0. The highest BCUT2D eigenvalue weighted by molar-refractivity contribution is 6.30. The molecule has 0 unspecified atom stereocenters. The first-order valence-corrected chi connectivity index (χ1v) is 49.8. The normalized spacial score (nSPS) is 11.5. The molecule has 0 aliphatic rings. The van der Waals surface area contributed by atoms with Gasteiger partial charge in [0.15, 0.2) is 0 Å². The lowest BCUT2D eigenvalue weighted by atomic mass is 9.91. The number of benzene rings is 24. The summed E-state index contributed by atoms with van der Waals surface area (Å²) < 4.78 is 65.1. The predicted octanol–water partition coefficient (Wildman–Crippen LogP) is 40.0. The third kappa shape index (κ3) is 18.0. The molecule has 0 aliphatic carbocycles. The zero-order valence-corrected chi connectivity index (χ0v) is 83.0. The van der Waals surface area contributed by atoms with E-state index in [9.17, 15) is 0 Å². The molecular formula is C138H104F4N4. The van der Waals surface area contributed by atoms with Crippen molar-refractivity contribution in [3.63, 3.8) is 0 Å². The molecule has 0 saturated heterocycles. The van der Waals surface area contributed by atoms with Crippen LogP contribution >= 0.6 is 0 Å². The molecule has 8 heteroatoms. The highest BCUT2D eigenvalue weighted by Crippen LogP contribution is 2.54. The highest BCUT2D eigenvalue weighted by atomic mass is 19.1. The van der Waals surface area contributed by atoms with Gasteiger partial charge in [-0.15, -0.1) is 0 Å². The summed E-state index contributed by atoms with van der Waals surface area (Å²) in [5.41, 5.74) is 37.4. The number of rotatable bonds is 20. The minimum Gasteiger partial charge on any atom is -0.310 e. The molecule has 0 N–H and O–H groups in total. The number of hydrogen-bond acceptors (Lipinski definition) is 4. The van der Waals surface area contributed by atoms with E-state index in [0.717, 1.165) is 210 Å². The molecule has 0 aliphatic heterocycles. The van der Waals surface area contributed by atoms with Crippen LogP contribution in [0.3, 0.4) is 0 Å². The second-order valence-corrected chi connectivity index (χ2v) is 39.4. The molecule has 0 bridgehead atoms. The fourth-order valence-corrected chi connectivity index (χ4v) is 21.1. The van der Waals surface area contributed by atoms with Crippen LogP contribution in [0.1, 0.15) is 55.6 Å². The van der Waals surface area contributed by atoms with Crippen LogP contribution in [0.4, 0.5) is 85.8 Å². The predicted molar refractivity (Wildman–Crippen MR) is 610 cm³/mol. The van der Waals surface area contributed by atoms with Crippen LogP contribution in [0.15, 0.2) is 449 Å². The van der Waals surface area contributed by atoms with Crippen molar-refractivity contribution in [3.8, 4) is 89.0 Å². The average Bonchev–Trinajstić information content (AvgIpc) is 0.713. The smallest absolute Gasteiger partial charge is 0.147 e. The summed E-state index contributed by atoms with van der Waals surface area (Å²) in [6, 6.07) is 155. The van der Waals surface area contributed by atoms with Crippen LogP contribution in [0, 0.1) is 92.5 Å². The van der Waals surface area contributed by atoms with Crippen LogP contribution in [0.2, 0.25) is 0 Å². The molecule has 24 rings (SSSR count). The van der Waals surface area contributed by atoms with Gasteiger partial charge in [-0.05, 0) is 370 Å². The van der Waals surface area contributed by atoms with Crippen molar-refractivity contribution >= 4 is 133 Å². The van der Waals surface area contributed by atoms with E-state index in [1.165, 1.54) is 56.6 Å². The second kappa shape index (κ2) is 38.3. The van der Waals surface area contributed by atoms with Gasteiger partial charge < -0.3 is 19.6 Å². The van der Waals surface area contributed by atoms with Gasteiger partial charge in [-0.25, -0.2) is 17.6 Å². The van der Waals surface area contributed by atoms with Gasteiger partial charge in [0, 0.05) is 55.7 Å². The van der Waals surface area contributed by atoms with Crippen LogP contribution in [0.5, 0.6) is 0 Å². The molecule has 704 valence electrons. The standard InChI is InChI=1S/C70H54F2N2.C68H50F2N2/c1-43-7-17-49(18-8-43)55-37-56(50-19-9-44(2)10-20-50)40-59(39-55)73(67-31-15-47(5)35-63(67)71)65-33-27-53-26-30-62-66(34-28-54-25-29-61(65)69(53)70(54)62)74(68-32-16-48(6)36-64(68)72)60-41-57(51-21-11-45(3)12-22-51)38-58(42-60)52-23-13-46(4)14-24-52;1-43-11-19-47(20-12-43)53-35-54(48-21-13-44(2)14-22-48)38-61(37-53)71(59-9-5-7-57(69)41-59)65-33-29-51-28-32-64-66(34-30-52-27-31-63(65)67(51)68(52)64)72(60-10-6-8-58(70)42-60)62-39-55(49-23-15-45(3)16-24-49)36-56(40-62)50-25-17-46(4)18-26-50/h7-42H,1-6H3;5-42H,1-4H3. The molecule has 0 aromatic heterocycles. The number of nitrogens with zero attached hydrogens (tertiary/aromatic N) is 4. The molecule has 0 saturated carbocycles. The summed E-state index contributed by atoms with van der Waals surface area (Å²) >= 11 is 0. The first-order valence-electron chi connectivity index (χ1n) is 49.8. The van der Waals surface area contributed by atoms with Crippen molar-refractivity contribution in [2.75, 3.05) is 19.6 Å². The molecule has 0 amide bonds. The summed E-state index contributed by atoms with van der Waals surface area (Å²) in [4.78, 5) is 8.59. The number of aryl methyl sites for hydroxylation is 10. The maximum atomic E-state index is 17.0. The minimum atomic E-state index is -0.317. The molecule has 24 aromatic rings. The highest BCUT2D eigenvalue weighted by Gasteiger charge is 2.30. The van der Waals surface area contributed by atoms with E-state index in [2.05, 4.69) is 439 Å². The van der Waals surface area contributed by atoms with Gasteiger partial charge in [-0.3, -0.25) is 0 Å². The van der Waals surface area contributed by atoms with Gasteiger partial charge in [0.25, 0.3) is 0 Å². The molecule has 24 aromatic carbocycles. The third-order valence-corrected chi connectivity index (χ3v) is 28.8. The zero-order chi connectivity index (χ0) is 99.8. The summed E-state index contributed by atoms with van der Waals surface area (Å²) in [5.74, 6) is -1.26. The molecule has 0 radical (unpaired) electrons. The van der Waals surface area contributed by atoms with E-state index >= 15 is 17.6 Å². The van der Waals surface area contributed by atoms with Crippen molar-refractivity contribution in [2.45, 2.75) is 69.2 Å². The van der Waals surface area contributed by atoms with Crippen LogP contribution in [-0.2, 0) is 0 Å². The average molecular weight is 1890 g/mol. The Labute approximate surface area is 850 Å². The van der Waals surface area contributed by atoms with Crippen molar-refractivity contribution in [1.29, 1.82) is 0 Å². The Bertz CT molecular complexity index is 8330. The number of hydrogen-bond donors (Lipinski definition) is 0. The van der Waals surface area contributed by atoms with Gasteiger partial charge in [0.1, 0.15) is 23.3 Å². The Balaban J connectivity index is 0.000000161. The Kier molecular flexibility index (Phi) is 24.1. The van der Waals surface area contributed by atoms with E-state index < -0.39 is 0 Å². The van der Waals surface area contributed by atoms with Crippen molar-refractivity contribution in [2.24, 2.45) is 0 Å². The molecule has 146 heavy (non-hydrogen) atoms. The largest absolute Gasteiger partial charge is 0.310 e. The van der Waals surface area contributed by atoms with Gasteiger partial charge in [0.05, 0.1) is 34.1 Å². The number of anilines is 12. The summed E-state index contributed by atoms with van der Waals surface area (Å²) in [5, 5.41) is 12.5. The second-order valence-electron chi connectivity index (χ2n) is 39.4. The molecule has 0 atom stereocenters. The molecular weight excluding hydrogens is 1790 g/mol. The van der Waals surface area contributed by atoms with Crippen molar-refractivity contribution in [1.82, 2.24) is 0 Å². The molecule has 0 heterocycles. The first-order chi connectivity index (χ1) is 71.0. The van der Waals surface area contributed by atoms with E-state index in [4.69, 9.17) is 0 Å². The lowest BCUT2D eigenvalue weighted by molar-refractivity contribution is 0.627. The van der Waals surface area contributed by atoms with E-state index in [1.54, 1.807) is 36.4 Å². The maximum absolute atomic E-state index is 17.0. The molecule has 0 fully saturated rings. The van der Waals surface area contributed by atoms with E-state index in [0.29, 0.717) is 22.7 Å². The maximum Gasteiger partial charge on any atom is 0.147 e. The van der Waals surface area contributed by atoms with Gasteiger partial charge in [-0.1, -0.05) is 336 Å². The molecule has 0 spiro atoms. The van der Waals surface area contributed by atoms with Crippen LogP contribution in [0.25, 0.3) is 154 Å². The fourth-order valence-electron chi connectivity index (χ4n) is 21.1. The van der Waals surface area contributed by atoms with Crippen molar-refractivity contribution in [3.05, 3.63) is 528 Å². The van der Waals surface area contributed by atoms with E-state index in [1.807, 2.05) is 50.2 Å². The van der Waals surface area contributed by atoms with Gasteiger partial charge in [-0.2, -0.15) is 0 Å². The van der Waals surface area contributed by atoms with Gasteiger partial charge in [0.2, 0.25) is 0 Å². The third-order valence-electron chi connectivity index (χ3n) is 28.8. The lowest BCUT2D eigenvalue weighted by Gasteiger charge is -2.30. The number of halogens is 4. The Morgan fingerprint density at radius 3 is 0.527 bits per heavy atom. The summed E-state index contributed by atoms with van der Waals surface area (Å²) in [7, 11) is 0. The Morgan fingerprint density at radius 2 is 0.322 bits per heavy atom. The topological polar surface area (TPSA) is 13.0 Å². The zero-order valence-electron chi connectivity index (χ0n) is 83.0. The van der Waals surface area contributed by atoms with Crippen LogP contribution < -0.4 is 19.6 Å². The Hall–Kier alpha value is -17.7. The monoisotopic (exact) mass is 1890 g/mol. The van der Waals surface area contributed by atoms with Crippen molar-refractivity contribution < 1.29 is 17.6 Å². The quantitative estimate of drug-likeness (QED) is 0.0557. The van der Waals surface area contributed by atoms with E-state index in [-0.39, 0.29) is 23.3 Å². The minimum absolute atomic E-state index is 0.316. The summed E-state index contributed by atoms with van der Waals surface area (Å²) in [6.45, 7) is 20.7. The van der Waals surface area contributed by atoms with Gasteiger partial charge >= 0.3 is 0 Å². The Morgan fingerprint density at radius 1 is 0.137 bits per heavy atom. The fraction of sp³-hybridized carbons (Fsp3) is 0.0725. The SMILES string of the molecule is Cc1ccc(-c2cc(-c3ccc(C)cc3)cc(N(c3ccc(C)cc3F)c3ccc4ccc5c(N(c6cc(-c7ccc(C)cc7)cc(-c7ccc(C)cc7)c6)c6ccc(C)cc6F)ccc6ccc3c4c65)c2)cc1.Cc1ccc(-c2cc(-c3ccc(C)cc3)cc(N(c3cccc(F)c3)c3ccc4ccc5c(N(c6cccc(F)c6)c6cc(-c7ccc(C)cc7)cc(-c7ccc(C)cc7)c6)ccc6ccc3c4c65)c2)cc1. The lowest BCUT2D eigenvalue weighted by Crippen LogP contribution is -2.13.